The fraction of sp³-hybridized carbons (Fsp3) is 0.100. The van der Waals surface area contributed by atoms with E-state index in [2.05, 4.69) is 21.2 Å². The van der Waals surface area contributed by atoms with E-state index in [1.54, 1.807) is 30.5 Å². The summed E-state index contributed by atoms with van der Waals surface area (Å²) < 4.78 is 0.751. The van der Waals surface area contributed by atoms with E-state index in [0.29, 0.717) is 5.69 Å². The molecule has 0 bridgehead atoms. The van der Waals surface area contributed by atoms with Gasteiger partial charge in [-0.05, 0) is 31.3 Å². The Balaban J connectivity index is 3.08. The number of carbonyl (C=O) groups is 1. The lowest BCUT2D eigenvalue weighted by Crippen LogP contribution is -2.01. The molecule has 0 aliphatic heterocycles. The Morgan fingerprint density at radius 3 is 2.86 bits per heavy atom. The van der Waals surface area contributed by atoms with Gasteiger partial charge in [-0.15, -0.1) is 0 Å². The molecule has 4 heteroatoms. The molecule has 0 atom stereocenters. The average molecular weight is 256 g/mol. The Hall–Kier alpha value is -1.29. The van der Waals surface area contributed by atoms with E-state index in [0.717, 1.165) is 4.47 Å². The molecule has 0 aliphatic rings. The first-order valence-electron chi connectivity index (χ1n) is 4.05. The number of carboxylic acids is 1. The predicted octanol–water partition coefficient (Wildman–Crippen LogP) is 3.09. The van der Waals surface area contributed by atoms with Crippen molar-refractivity contribution < 1.29 is 9.90 Å². The van der Waals surface area contributed by atoms with E-state index in [-0.39, 0.29) is 5.56 Å². The average Bonchev–Trinajstić information content (AvgIpc) is 2.15. The first kappa shape index (κ1) is 10.8. The van der Waals surface area contributed by atoms with Gasteiger partial charge in [0.25, 0.3) is 0 Å². The van der Waals surface area contributed by atoms with Gasteiger partial charge >= 0.3 is 5.97 Å². The van der Waals surface area contributed by atoms with Crippen LogP contribution in [-0.4, -0.2) is 11.1 Å². The molecule has 0 heterocycles. The number of halogens is 1. The molecule has 0 saturated carbocycles. The van der Waals surface area contributed by atoms with E-state index in [9.17, 15) is 4.79 Å². The second kappa shape index (κ2) is 4.81. The van der Waals surface area contributed by atoms with Crippen molar-refractivity contribution in [2.45, 2.75) is 6.92 Å². The van der Waals surface area contributed by atoms with Gasteiger partial charge in [-0.2, -0.15) is 0 Å². The predicted molar refractivity (Wildman–Crippen MR) is 59.5 cm³/mol. The third kappa shape index (κ3) is 2.60. The van der Waals surface area contributed by atoms with Gasteiger partial charge in [0.1, 0.15) is 0 Å². The van der Waals surface area contributed by atoms with Gasteiger partial charge in [0.2, 0.25) is 0 Å². The summed E-state index contributed by atoms with van der Waals surface area (Å²) in [5.74, 6) is -0.946. The van der Waals surface area contributed by atoms with Crippen LogP contribution < -0.4 is 5.32 Å². The monoisotopic (exact) mass is 255 g/mol. The number of rotatable bonds is 3. The van der Waals surface area contributed by atoms with Crippen LogP contribution in [0.4, 0.5) is 5.69 Å². The number of hydrogen-bond donors (Lipinski definition) is 2. The van der Waals surface area contributed by atoms with Crippen LogP contribution in [0.3, 0.4) is 0 Å². The maximum atomic E-state index is 10.9. The fourth-order valence-electron chi connectivity index (χ4n) is 0.992. The molecular formula is C10H10BrNO2. The minimum Gasteiger partial charge on any atom is -0.478 e. The van der Waals surface area contributed by atoms with Crippen molar-refractivity contribution in [3.63, 3.8) is 0 Å². The van der Waals surface area contributed by atoms with Gasteiger partial charge in [0, 0.05) is 4.47 Å². The maximum Gasteiger partial charge on any atom is 0.337 e. The van der Waals surface area contributed by atoms with Crippen LogP contribution in [0, 0.1) is 0 Å². The van der Waals surface area contributed by atoms with E-state index < -0.39 is 5.97 Å². The van der Waals surface area contributed by atoms with Crippen molar-refractivity contribution in [2.75, 3.05) is 5.32 Å². The molecular weight excluding hydrogens is 246 g/mol. The Kier molecular flexibility index (Phi) is 3.71. The molecule has 1 aromatic carbocycles. The van der Waals surface area contributed by atoms with E-state index in [1.165, 1.54) is 0 Å². The molecule has 3 nitrogen and oxygen atoms in total. The normalized spacial score (nSPS) is 10.4. The number of aromatic carboxylic acids is 1. The summed E-state index contributed by atoms with van der Waals surface area (Å²) in [6.45, 7) is 1.85. The largest absolute Gasteiger partial charge is 0.478 e. The summed E-state index contributed by atoms with van der Waals surface area (Å²) in [6, 6.07) is 5.07. The summed E-state index contributed by atoms with van der Waals surface area (Å²) in [7, 11) is 0. The Morgan fingerprint density at radius 1 is 1.57 bits per heavy atom. The number of anilines is 1. The van der Waals surface area contributed by atoms with Crippen LogP contribution in [0.25, 0.3) is 0 Å². The lowest BCUT2D eigenvalue weighted by molar-refractivity contribution is 0.0698. The zero-order valence-electron chi connectivity index (χ0n) is 7.62. The molecule has 2 N–H and O–H groups in total. The van der Waals surface area contributed by atoms with Gasteiger partial charge in [-0.1, -0.05) is 22.0 Å². The number of hydrogen-bond acceptors (Lipinski definition) is 2. The molecule has 0 unspecified atom stereocenters. The molecule has 1 rings (SSSR count). The molecule has 0 aliphatic carbocycles. The van der Waals surface area contributed by atoms with Crippen LogP contribution in [-0.2, 0) is 0 Å². The number of nitrogens with one attached hydrogen (secondary N) is 1. The quantitative estimate of drug-likeness (QED) is 0.873. The third-order valence-corrected chi connectivity index (χ3v) is 2.11. The first-order chi connectivity index (χ1) is 6.65. The molecule has 0 amide bonds. The number of carboxylic acid groups (broad SMARTS) is 1. The second-order valence-electron chi connectivity index (χ2n) is 2.64. The molecule has 0 fully saturated rings. The minimum absolute atomic E-state index is 0.248. The number of benzene rings is 1. The molecule has 14 heavy (non-hydrogen) atoms. The van der Waals surface area contributed by atoms with E-state index >= 15 is 0 Å². The highest BCUT2D eigenvalue weighted by Crippen LogP contribution is 2.21. The standard InChI is InChI=1S/C10H10BrNO2/c1-2-5-12-9-4-3-7(11)6-8(9)10(13)14/h2-6,12H,1H3,(H,13,14)/b5-2+. The van der Waals surface area contributed by atoms with Crippen LogP contribution >= 0.6 is 15.9 Å². The van der Waals surface area contributed by atoms with Crippen LogP contribution in [0.1, 0.15) is 17.3 Å². The lowest BCUT2D eigenvalue weighted by Gasteiger charge is -2.05. The van der Waals surface area contributed by atoms with Gasteiger partial charge in [-0.25, -0.2) is 4.79 Å². The van der Waals surface area contributed by atoms with Crippen molar-refractivity contribution in [1.82, 2.24) is 0 Å². The first-order valence-corrected chi connectivity index (χ1v) is 4.85. The van der Waals surface area contributed by atoms with Crippen molar-refractivity contribution >= 4 is 27.6 Å². The van der Waals surface area contributed by atoms with Crippen LogP contribution in [0.5, 0.6) is 0 Å². The smallest absolute Gasteiger partial charge is 0.337 e. The molecule has 0 saturated heterocycles. The summed E-state index contributed by atoms with van der Waals surface area (Å²) in [5.41, 5.74) is 0.830. The van der Waals surface area contributed by atoms with Gasteiger partial charge in [0.15, 0.2) is 0 Å². The highest BCUT2D eigenvalue weighted by Gasteiger charge is 2.08. The topological polar surface area (TPSA) is 49.3 Å². The van der Waals surface area contributed by atoms with E-state index in [4.69, 9.17) is 5.11 Å². The van der Waals surface area contributed by atoms with Crippen molar-refractivity contribution in [3.8, 4) is 0 Å². The fourth-order valence-corrected chi connectivity index (χ4v) is 1.35. The Bertz CT molecular complexity index is 374. The van der Waals surface area contributed by atoms with Crippen LogP contribution in [0.2, 0.25) is 0 Å². The summed E-state index contributed by atoms with van der Waals surface area (Å²) in [4.78, 5) is 10.9. The second-order valence-corrected chi connectivity index (χ2v) is 3.56. The highest BCUT2D eigenvalue weighted by molar-refractivity contribution is 9.10. The maximum absolute atomic E-state index is 10.9. The van der Waals surface area contributed by atoms with E-state index in [1.807, 2.05) is 6.92 Å². The van der Waals surface area contributed by atoms with Gasteiger partial charge < -0.3 is 10.4 Å². The Morgan fingerprint density at radius 2 is 2.29 bits per heavy atom. The Labute approximate surface area is 90.6 Å². The zero-order valence-corrected chi connectivity index (χ0v) is 9.21. The van der Waals surface area contributed by atoms with Gasteiger partial charge in [0.05, 0.1) is 11.3 Å². The summed E-state index contributed by atoms with van der Waals surface area (Å²) >= 11 is 3.22. The number of allylic oxidation sites excluding steroid dienone is 1. The molecule has 74 valence electrons. The molecule has 0 aromatic heterocycles. The summed E-state index contributed by atoms with van der Waals surface area (Å²) in [6.07, 6.45) is 3.49. The van der Waals surface area contributed by atoms with Crippen molar-refractivity contribution in [3.05, 3.63) is 40.5 Å². The molecule has 0 radical (unpaired) electrons. The summed E-state index contributed by atoms with van der Waals surface area (Å²) in [5, 5.41) is 11.8. The lowest BCUT2D eigenvalue weighted by atomic mass is 10.2. The van der Waals surface area contributed by atoms with Crippen molar-refractivity contribution in [1.29, 1.82) is 0 Å². The SMILES string of the molecule is C/C=C/Nc1ccc(Br)cc1C(=O)O. The van der Waals surface area contributed by atoms with Crippen LogP contribution in [0.15, 0.2) is 34.9 Å². The molecule has 0 spiro atoms. The zero-order chi connectivity index (χ0) is 10.6. The minimum atomic E-state index is -0.946. The van der Waals surface area contributed by atoms with Crippen molar-refractivity contribution in [2.24, 2.45) is 0 Å². The molecule has 1 aromatic rings. The third-order valence-electron chi connectivity index (χ3n) is 1.62. The highest BCUT2D eigenvalue weighted by atomic mass is 79.9. The van der Waals surface area contributed by atoms with Gasteiger partial charge in [-0.3, -0.25) is 0 Å².